The first-order valence-corrected chi connectivity index (χ1v) is 6.09. The van der Waals surface area contributed by atoms with E-state index in [1.165, 1.54) is 0 Å². The lowest BCUT2D eigenvalue weighted by molar-refractivity contribution is -0.103. The maximum atomic E-state index is 10.2. The molecule has 0 unspecified atom stereocenters. The third-order valence-corrected chi connectivity index (χ3v) is 2.32. The summed E-state index contributed by atoms with van der Waals surface area (Å²) in [6.45, 7) is 0. The Bertz CT molecular complexity index is 587. The second kappa shape index (κ2) is 11.7. The molecule has 0 aliphatic heterocycles. The van der Waals surface area contributed by atoms with Crippen molar-refractivity contribution < 1.29 is 9.59 Å². The number of carbonyl (C=O) groups excluding carboxylic acids is 2. The number of hydrogen-bond donors (Lipinski definition) is 0. The predicted octanol–water partition coefficient (Wildman–Crippen LogP) is 2.81. The minimum Gasteiger partial charge on any atom is -0.298 e. The molecule has 0 aliphatic carbocycles. The van der Waals surface area contributed by atoms with E-state index >= 15 is 0 Å². The van der Waals surface area contributed by atoms with Crippen LogP contribution < -0.4 is 0 Å². The van der Waals surface area contributed by atoms with Gasteiger partial charge in [0.05, 0.1) is 0 Å². The van der Waals surface area contributed by atoms with E-state index in [-0.39, 0.29) is 0 Å². The molecule has 0 aliphatic rings. The van der Waals surface area contributed by atoms with Crippen molar-refractivity contribution in [2.24, 2.45) is 0 Å². The average molecular weight is 366 g/mol. The third-order valence-electron chi connectivity index (χ3n) is 1.40. The molecular formula is C14H6Br2O2. The van der Waals surface area contributed by atoms with Crippen LogP contribution in [-0.4, -0.2) is 12.6 Å². The minimum absolute atomic E-state index is 0.482. The van der Waals surface area contributed by atoms with E-state index in [2.05, 4.69) is 66.3 Å². The van der Waals surface area contributed by atoms with Gasteiger partial charge in [0, 0.05) is 26.0 Å². The van der Waals surface area contributed by atoms with E-state index in [4.69, 9.17) is 0 Å². The van der Waals surface area contributed by atoms with Gasteiger partial charge in [-0.2, -0.15) is 0 Å². The Morgan fingerprint density at radius 1 is 1.00 bits per heavy atom. The first-order chi connectivity index (χ1) is 8.76. The fourth-order valence-corrected chi connectivity index (χ4v) is 1.20. The van der Waals surface area contributed by atoms with Gasteiger partial charge in [0.15, 0.2) is 12.6 Å². The normalized spacial score (nSPS) is 6.56. The summed E-state index contributed by atoms with van der Waals surface area (Å²) < 4.78 is 0.847. The largest absolute Gasteiger partial charge is 0.298 e. The van der Waals surface area contributed by atoms with Gasteiger partial charge < -0.3 is 0 Å². The Balaban J connectivity index is 0.000000321. The molecule has 0 spiro atoms. The van der Waals surface area contributed by atoms with Crippen LogP contribution in [0.25, 0.3) is 0 Å². The van der Waals surface area contributed by atoms with Crippen molar-refractivity contribution in [3.05, 3.63) is 34.3 Å². The first-order valence-electron chi connectivity index (χ1n) is 4.50. The molecule has 0 amide bonds. The van der Waals surface area contributed by atoms with Crippen LogP contribution in [0.5, 0.6) is 0 Å². The van der Waals surface area contributed by atoms with Crippen LogP contribution >= 0.6 is 31.9 Å². The topological polar surface area (TPSA) is 34.1 Å². The Morgan fingerprint density at radius 2 is 1.67 bits per heavy atom. The summed E-state index contributed by atoms with van der Waals surface area (Å²) in [5.74, 6) is 11.5. The Kier molecular flexibility index (Phi) is 10.5. The van der Waals surface area contributed by atoms with Crippen molar-refractivity contribution in [3.63, 3.8) is 0 Å². The van der Waals surface area contributed by atoms with Crippen molar-refractivity contribution in [1.82, 2.24) is 0 Å². The number of benzene rings is 1. The van der Waals surface area contributed by atoms with Gasteiger partial charge in [-0.05, 0) is 40.5 Å². The van der Waals surface area contributed by atoms with Crippen molar-refractivity contribution in [2.45, 2.75) is 0 Å². The van der Waals surface area contributed by atoms with Gasteiger partial charge in [-0.25, -0.2) is 0 Å². The van der Waals surface area contributed by atoms with Crippen LogP contribution in [0.2, 0.25) is 0 Å². The fraction of sp³-hybridized carbons (Fsp3) is 0. The number of hydrogen-bond acceptors (Lipinski definition) is 2. The van der Waals surface area contributed by atoms with Gasteiger partial charge in [-0.3, -0.25) is 9.59 Å². The molecule has 0 N–H and O–H groups in total. The number of carbonyl (C=O) groups is 2. The van der Waals surface area contributed by atoms with E-state index in [0.717, 1.165) is 10.8 Å². The van der Waals surface area contributed by atoms with Crippen molar-refractivity contribution >= 4 is 44.4 Å². The van der Waals surface area contributed by atoms with E-state index < -0.39 is 0 Å². The summed E-state index contributed by atoms with van der Waals surface area (Å²) in [5, 5.41) is 0. The lowest BCUT2D eigenvalue weighted by Gasteiger charge is -1.90. The molecule has 1 rings (SSSR count). The van der Waals surface area contributed by atoms with Gasteiger partial charge >= 0.3 is 0 Å². The SMILES string of the molecule is O=CC#CC#CC#CBr.O=Cc1ccccc1Br. The van der Waals surface area contributed by atoms with Crippen LogP contribution in [0.4, 0.5) is 0 Å². The number of aldehydes is 2. The zero-order valence-corrected chi connectivity index (χ0v) is 12.2. The van der Waals surface area contributed by atoms with E-state index in [0.29, 0.717) is 11.8 Å². The summed E-state index contributed by atoms with van der Waals surface area (Å²) in [5.41, 5.74) is 0.692. The quantitative estimate of drug-likeness (QED) is 0.566. The molecule has 0 saturated carbocycles. The van der Waals surface area contributed by atoms with Gasteiger partial charge in [0.1, 0.15) is 0 Å². The van der Waals surface area contributed by atoms with E-state index in [9.17, 15) is 9.59 Å². The van der Waals surface area contributed by atoms with Gasteiger partial charge in [-0.1, -0.05) is 34.1 Å². The van der Waals surface area contributed by atoms with Crippen LogP contribution in [0.3, 0.4) is 0 Å². The summed E-state index contributed by atoms with van der Waals surface area (Å²) in [4.78, 5) is 22.1. The first kappa shape index (κ1) is 16.2. The highest BCUT2D eigenvalue weighted by Crippen LogP contribution is 2.12. The molecule has 0 saturated heterocycles. The molecule has 2 nitrogen and oxygen atoms in total. The van der Waals surface area contributed by atoms with E-state index in [1.807, 2.05) is 18.2 Å². The molecule has 18 heavy (non-hydrogen) atoms. The van der Waals surface area contributed by atoms with Crippen LogP contribution in [0.15, 0.2) is 28.7 Å². The van der Waals surface area contributed by atoms with Crippen LogP contribution in [-0.2, 0) is 4.79 Å². The van der Waals surface area contributed by atoms with E-state index in [1.54, 1.807) is 6.07 Å². The van der Waals surface area contributed by atoms with Crippen LogP contribution in [0.1, 0.15) is 10.4 Å². The fourth-order valence-electron chi connectivity index (χ4n) is 0.722. The minimum atomic E-state index is 0.482. The second-order valence-corrected chi connectivity index (χ2v) is 3.75. The zero-order chi connectivity index (χ0) is 13.6. The summed E-state index contributed by atoms with van der Waals surface area (Å²) in [6.07, 6.45) is 1.31. The standard InChI is InChI=1S/C7H5BrO.C7HBrO/c8-7-4-2-1-3-6(7)5-9;8-6-4-2-1-3-5-7-9/h1-5H;7H. The van der Waals surface area contributed by atoms with Crippen molar-refractivity contribution in [3.8, 4) is 34.4 Å². The third kappa shape index (κ3) is 8.36. The second-order valence-electron chi connectivity index (χ2n) is 2.50. The smallest absolute Gasteiger partial charge is 0.193 e. The summed E-state index contributed by atoms with van der Waals surface area (Å²) in [7, 11) is 0. The molecule has 1 aromatic carbocycles. The van der Waals surface area contributed by atoms with Gasteiger partial charge in [0.25, 0.3) is 0 Å². The van der Waals surface area contributed by atoms with Gasteiger partial charge in [0.2, 0.25) is 0 Å². The molecule has 88 valence electrons. The Labute approximate surface area is 122 Å². The summed E-state index contributed by atoms with van der Waals surface area (Å²) in [6, 6.07) is 7.30. The molecule has 0 atom stereocenters. The highest BCUT2D eigenvalue weighted by molar-refractivity contribution is 9.12. The molecular weight excluding hydrogens is 360 g/mol. The monoisotopic (exact) mass is 364 g/mol. The Morgan fingerprint density at radius 3 is 2.17 bits per heavy atom. The lowest BCUT2D eigenvalue weighted by Crippen LogP contribution is -1.78. The van der Waals surface area contributed by atoms with Crippen molar-refractivity contribution in [2.75, 3.05) is 0 Å². The highest BCUT2D eigenvalue weighted by Gasteiger charge is 1.92. The number of halogens is 2. The molecule has 0 radical (unpaired) electrons. The van der Waals surface area contributed by atoms with Crippen LogP contribution in [0, 0.1) is 34.4 Å². The zero-order valence-electron chi connectivity index (χ0n) is 9.04. The Hall–Kier alpha value is -1.80. The lowest BCUT2D eigenvalue weighted by atomic mass is 10.2. The number of rotatable bonds is 1. The van der Waals surface area contributed by atoms with Gasteiger partial charge in [-0.15, -0.1) is 0 Å². The summed E-state index contributed by atoms with van der Waals surface area (Å²) >= 11 is 6.06. The average Bonchev–Trinajstić information content (AvgIpc) is 2.40. The molecule has 4 heteroatoms. The maximum absolute atomic E-state index is 10.2. The molecule has 0 fully saturated rings. The predicted molar refractivity (Wildman–Crippen MR) is 77.8 cm³/mol. The molecule has 0 heterocycles. The van der Waals surface area contributed by atoms with Crippen molar-refractivity contribution in [1.29, 1.82) is 0 Å². The highest BCUT2D eigenvalue weighted by atomic mass is 79.9. The molecule has 1 aromatic rings. The molecule has 0 bridgehead atoms. The molecule has 0 aromatic heterocycles. The maximum Gasteiger partial charge on any atom is 0.193 e.